The van der Waals surface area contributed by atoms with Crippen molar-refractivity contribution in [3.8, 4) is 11.3 Å². The van der Waals surface area contributed by atoms with Gasteiger partial charge in [-0.25, -0.2) is 9.97 Å². The number of benzene rings is 2. The average Bonchev–Trinajstić information content (AvgIpc) is 3.25. The largest absolute Gasteiger partial charge is 0.365 e. The first kappa shape index (κ1) is 20.7. The molecule has 1 aliphatic rings. The fraction of sp³-hybridized carbons (Fsp3) is 0.308. The van der Waals surface area contributed by atoms with Gasteiger partial charge in [-0.05, 0) is 36.7 Å². The summed E-state index contributed by atoms with van der Waals surface area (Å²) < 4.78 is 0. The summed E-state index contributed by atoms with van der Waals surface area (Å²) in [6, 6.07) is 19.5. The van der Waals surface area contributed by atoms with Crippen LogP contribution >= 0.6 is 0 Å². The summed E-state index contributed by atoms with van der Waals surface area (Å²) in [5.41, 5.74) is 6.93. The van der Waals surface area contributed by atoms with Gasteiger partial charge in [0.25, 0.3) is 0 Å². The van der Waals surface area contributed by atoms with Gasteiger partial charge in [-0.1, -0.05) is 54.1 Å². The van der Waals surface area contributed by atoms with E-state index in [0.717, 1.165) is 67.4 Å². The van der Waals surface area contributed by atoms with Crippen molar-refractivity contribution >= 4 is 16.9 Å². The number of hydrogen-bond donors (Lipinski definition) is 2. The molecule has 1 saturated heterocycles. The zero-order valence-corrected chi connectivity index (χ0v) is 18.8. The fourth-order valence-electron chi connectivity index (χ4n) is 4.30. The molecule has 6 heteroatoms. The molecular formula is C26H30N6. The molecule has 0 amide bonds. The topological polar surface area (TPSA) is 60.1 Å². The Kier molecular flexibility index (Phi) is 5.88. The Labute approximate surface area is 189 Å². The van der Waals surface area contributed by atoms with Crippen LogP contribution < -0.4 is 5.32 Å². The predicted molar refractivity (Wildman–Crippen MR) is 131 cm³/mol. The molecule has 164 valence electrons. The van der Waals surface area contributed by atoms with Gasteiger partial charge in [-0.15, -0.1) is 0 Å². The van der Waals surface area contributed by atoms with Crippen molar-refractivity contribution in [2.24, 2.45) is 0 Å². The van der Waals surface area contributed by atoms with Crippen molar-refractivity contribution < 1.29 is 0 Å². The standard InChI is InChI=1S/C26H30N6/c1-19-4-3-5-21(14-19)16-27-25-23-15-24(30-26(23)29-18-28-25)22-8-6-20(7-9-22)17-32-12-10-31(2)11-13-32/h3-9,14-15,18H,10-13,16-17H2,1-2H3,(H2,27,28,29,30). The van der Waals surface area contributed by atoms with E-state index in [1.54, 1.807) is 6.33 Å². The number of aromatic nitrogens is 3. The number of likely N-dealkylation sites (N-methyl/N-ethyl adjacent to an activating group) is 1. The van der Waals surface area contributed by atoms with Crippen molar-refractivity contribution in [3.63, 3.8) is 0 Å². The van der Waals surface area contributed by atoms with Crippen molar-refractivity contribution in [2.75, 3.05) is 38.5 Å². The predicted octanol–water partition coefficient (Wildman–Crippen LogP) is 4.29. The molecule has 2 aromatic heterocycles. The normalized spacial score (nSPS) is 15.3. The number of hydrogen-bond acceptors (Lipinski definition) is 5. The highest BCUT2D eigenvalue weighted by Gasteiger charge is 2.14. The highest BCUT2D eigenvalue weighted by atomic mass is 15.2. The number of anilines is 1. The van der Waals surface area contributed by atoms with E-state index in [4.69, 9.17) is 0 Å². The lowest BCUT2D eigenvalue weighted by atomic mass is 10.1. The van der Waals surface area contributed by atoms with E-state index < -0.39 is 0 Å². The Bertz CT molecular complexity index is 1190. The van der Waals surface area contributed by atoms with E-state index in [-0.39, 0.29) is 0 Å². The molecule has 0 saturated carbocycles. The molecule has 0 aliphatic carbocycles. The van der Waals surface area contributed by atoms with Crippen LogP contribution in [-0.4, -0.2) is 58.0 Å². The van der Waals surface area contributed by atoms with E-state index >= 15 is 0 Å². The second kappa shape index (κ2) is 9.10. The number of piperazine rings is 1. The molecular weight excluding hydrogens is 396 g/mol. The van der Waals surface area contributed by atoms with Gasteiger partial charge < -0.3 is 15.2 Å². The molecule has 0 bridgehead atoms. The highest BCUT2D eigenvalue weighted by Crippen LogP contribution is 2.27. The molecule has 5 rings (SSSR count). The molecule has 2 N–H and O–H groups in total. The lowest BCUT2D eigenvalue weighted by Gasteiger charge is -2.32. The second-order valence-corrected chi connectivity index (χ2v) is 8.79. The van der Waals surface area contributed by atoms with Crippen LogP contribution in [0, 0.1) is 6.92 Å². The van der Waals surface area contributed by atoms with E-state index in [1.807, 2.05) is 0 Å². The summed E-state index contributed by atoms with van der Waals surface area (Å²) in [4.78, 5) is 17.3. The Hall–Kier alpha value is -3.22. The van der Waals surface area contributed by atoms with Crippen molar-refractivity contribution in [3.05, 3.63) is 77.6 Å². The van der Waals surface area contributed by atoms with Gasteiger partial charge in [0.1, 0.15) is 17.8 Å². The minimum atomic E-state index is 0.731. The molecule has 1 aliphatic heterocycles. The SMILES string of the molecule is Cc1cccc(CNc2ncnc3[nH]c(-c4ccc(CN5CCN(C)CC5)cc4)cc23)c1. The first-order chi connectivity index (χ1) is 15.6. The first-order valence-electron chi connectivity index (χ1n) is 11.3. The fourth-order valence-corrected chi connectivity index (χ4v) is 4.30. The summed E-state index contributed by atoms with van der Waals surface area (Å²) in [5.74, 6) is 0.852. The smallest absolute Gasteiger partial charge is 0.143 e. The molecule has 0 atom stereocenters. The van der Waals surface area contributed by atoms with Gasteiger partial charge in [0, 0.05) is 45.0 Å². The van der Waals surface area contributed by atoms with Gasteiger partial charge in [0.15, 0.2) is 0 Å². The number of fused-ring (bicyclic) bond motifs is 1. The maximum absolute atomic E-state index is 4.48. The summed E-state index contributed by atoms with van der Waals surface area (Å²) in [5, 5.41) is 4.48. The summed E-state index contributed by atoms with van der Waals surface area (Å²) in [6.07, 6.45) is 1.61. The monoisotopic (exact) mass is 426 g/mol. The van der Waals surface area contributed by atoms with Gasteiger partial charge in [0.05, 0.1) is 5.39 Å². The number of aromatic amines is 1. The number of H-pyrrole nitrogens is 1. The van der Waals surface area contributed by atoms with Crippen LogP contribution in [0.4, 0.5) is 5.82 Å². The quantitative estimate of drug-likeness (QED) is 0.482. The van der Waals surface area contributed by atoms with Crippen LogP contribution in [-0.2, 0) is 13.1 Å². The van der Waals surface area contributed by atoms with Crippen molar-refractivity contribution in [1.82, 2.24) is 24.8 Å². The number of aryl methyl sites for hydroxylation is 1. The second-order valence-electron chi connectivity index (χ2n) is 8.79. The van der Waals surface area contributed by atoms with Gasteiger partial charge >= 0.3 is 0 Å². The van der Waals surface area contributed by atoms with E-state index in [0.29, 0.717) is 0 Å². The van der Waals surface area contributed by atoms with Crippen LogP contribution in [0.3, 0.4) is 0 Å². The third kappa shape index (κ3) is 4.66. The highest BCUT2D eigenvalue weighted by molar-refractivity contribution is 5.91. The molecule has 1 fully saturated rings. The van der Waals surface area contributed by atoms with Crippen LogP contribution in [0.25, 0.3) is 22.3 Å². The molecule has 2 aromatic carbocycles. The van der Waals surface area contributed by atoms with E-state index in [9.17, 15) is 0 Å². The lowest BCUT2D eigenvalue weighted by molar-refractivity contribution is 0.148. The molecule has 0 unspecified atom stereocenters. The van der Waals surface area contributed by atoms with Crippen LogP contribution in [0.2, 0.25) is 0 Å². The Morgan fingerprint density at radius 2 is 1.75 bits per heavy atom. The number of nitrogens with one attached hydrogen (secondary N) is 2. The van der Waals surface area contributed by atoms with Crippen molar-refractivity contribution in [2.45, 2.75) is 20.0 Å². The van der Waals surface area contributed by atoms with Crippen LogP contribution in [0.15, 0.2) is 60.9 Å². The molecule has 0 radical (unpaired) electrons. The average molecular weight is 427 g/mol. The number of rotatable bonds is 6. The zero-order chi connectivity index (χ0) is 21.9. The van der Waals surface area contributed by atoms with Crippen LogP contribution in [0.5, 0.6) is 0 Å². The third-order valence-electron chi connectivity index (χ3n) is 6.24. The van der Waals surface area contributed by atoms with E-state index in [1.165, 1.54) is 16.7 Å². The Morgan fingerprint density at radius 1 is 0.938 bits per heavy atom. The molecule has 4 aromatic rings. The maximum atomic E-state index is 4.48. The van der Waals surface area contributed by atoms with Gasteiger partial charge in [0.2, 0.25) is 0 Å². The maximum Gasteiger partial charge on any atom is 0.143 e. The lowest BCUT2D eigenvalue weighted by Crippen LogP contribution is -2.43. The summed E-state index contributed by atoms with van der Waals surface area (Å²) in [6.45, 7) is 8.42. The summed E-state index contributed by atoms with van der Waals surface area (Å²) in [7, 11) is 2.19. The Morgan fingerprint density at radius 3 is 2.53 bits per heavy atom. The summed E-state index contributed by atoms with van der Waals surface area (Å²) >= 11 is 0. The molecule has 6 nitrogen and oxygen atoms in total. The van der Waals surface area contributed by atoms with Gasteiger partial charge in [-0.3, -0.25) is 4.90 Å². The first-order valence-corrected chi connectivity index (χ1v) is 11.3. The minimum Gasteiger partial charge on any atom is -0.365 e. The molecule has 3 heterocycles. The van der Waals surface area contributed by atoms with Gasteiger partial charge in [-0.2, -0.15) is 0 Å². The van der Waals surface area contributed by atoms with Crippen molar-refractivity contribution in [1.29, 1.82) is 0 Å². The Balaban J connectivity index is 1.31. The molecule has 32 heavy (non-hydrogen) atoms. The zero-order valence-electron chi connectivity index (χ0n) is 18.8. The van der Waals surface area contributed by atoms with E-state index in [2.05, 4.69) is 98.6 Å². The third-order valence-corrected chi connectivity index (χ3v) is 6.24. The van der Waals surface area contributed by atoms with Crippen LogP contribution in [0.1, 0.15) is 16.7 Å². The molecule has 0 spiro atoms. The number of nitrogens with zero attached hydrogens (tertiary/aromatic N) is 4. The minimum absolute atomic E-state index is 0.731.